The van der Waals surface area contributed by atoms with Crippen LogP contribution in [0.15, 0.2) is 66.7 Å². The van der Waals surface area contributed by atoms with Gasteiger partial charge < -0.3 is 5.32 Å². The van der Waals surface area contributed by atoms with E-state index in [1.165, 1.54) is 11.1 Å². The van der Waals surface area contributed by atoms with Crippen molar-refractivity contribution in [3.8, 4) is 0 Å². The van der Waals surface area contributed by atoms with Gasteiger partial charge in [0.1, 0.15) is 0 Å². The standard InChI is InChI=1S/C24H25NO/c1-16-11-13-21(19(4)14-16)23(20-8-6-5-7-9-20)25-24(26)22-15-17(2)10-12-18(22)3/h5-15,23H,1-4H3,(H,25,26)/t23-/m1/s1. The second-order valence-corrected chi connectivity index (χ2v) is 7.00. The number of carbonyl (C=O) groups is 1. The summed E-state index contributed by atoms with van der Waals surface area (Å²) in [6, 6.07) is 22.3. The Hall–Kier alpha value is -2.87. The average Bonchev–Trinajstić information content (AvgIpc) is 2.63. The van der Waals surface area contributed by atoms with E-state index in [4.69, 9.17) is 0 Å². The highest BCUT2D eigenvalue weighted by atomic mass is 16.1. The molecule has 0 bridgehead atoms. The topological polar surface area (TPSA) is 29.1 Å². The fourth-order valence-corrected chi connectivity index (χ4v) is 3.32. The lowest BCUT2D eigenvalue weighted by molar-refractivity contribution is 0.0942. The molecule has 3 aromatic rings. The Bertz CT molecular complexity index is 928. The molecule has 0 spiro atoms. The molecule has 0 unspecified atom stereocenters. The van der Waals surface area contributed by atoms with Gasteiger partial charge in [0.2, 0.25) is 0 Å². The molecule has 0 heterocycles. The van der Waals surface area contributed by atoms with E-state index in [1.54, 1.807) is 0 Å². The second-order valence-electron chi connectivity index (χ2n) is 7.00. The van der Waals surface area contributed by atoms with Crippen LogP contribution in [0.4, 0.5) is 0 Å². The smallest absolute Gasteiger partial charge is 0.252 e. The first-order chi connectivity index (χ1) is 12.5. The molecule has 0 aliphatic heterocycles. The van der Waals surface area contributed by atoms with Gasteiger partial charge in [-0.1, -0.05) is 71.8 Å². The van der Waals surface area contributed by atoms with Crippen LogP contribution >= 0.6 is 0 Å². The summed E-state index contributed by atoms with van der Waals surface area (Å²) >= 11 is 0. The Balaban J connectivity index is 2.01. The molecule has 2 nitrogen and oxygen atoms in total. The molecule has 1 N–H and O–H groups in total. The van der Waals surface area contributed by atoms with Crippen molar-refractivity contribution in [3.05, 3.63) is 106 Å². The molecule has 2 heteroatoms. The number of rotatable bonds is 4. The lowest BCUT2D eigenvalue weighted by Gasteiger charge is -2.22. The van der Waals surface area contributed by atoms with Crippen molar-refractivity contribution in [2.75, 3.05) is 0 Å². The Labute approximate surface area is 155 Å². The Kier molecular flexibility index (Phi) is 5.22. The summed E-state index contributed by atoms with van der Waals surface area (Å²) in [6.07, 6.45) is 0. The van der Waals surface area contributed by atoms with Gasteiger partial charge in [-0.05, 0) is 56.0 Å². The quantitative estimate of drug-likeness (QED) is 0.671. The first kappa shape index (κ1) is 17.9. The van der Waals surface area contributed by atoms with Gasteiger partial charge in [0.25, 0.3) is 5.91 Å². The summed E-state index contributed by atoms with van der Waals surface area (Å²) in [5, 5.41) is 3.26. The van der Waals surface area contributed by atoms with E-state index >= 15 is 0 Å². The minimum Gasteiger partial charge on any atom is -0.341 e. The van der Waals surface area contributed by atoms with Crippen molar-refractivity contribution in [1.82, 2.24) is 5.32 Å². The van der Waals surface area contributed by atoms with E-state index in [2.05, 4.69) is 49.5 Å². The average molecular weight is 343 g/mol. The molecule has 0 fully saturated rings. The largest absolute Gasteiger partial charge is 0.341 e. The van der Waals surface area contributed by atoms with Gasteiger partial charge in [0.05, 0.1) is 6.04 Å². The third kappa shape index (κ3) is 3.85. The maximum absolute atomic E-state index is 13.0. The summed E-state index contributed by atoms with van der Waals surface area (Å²) in [4.78, 5) is 13.0. The molecule has 0 aromatic heterocycles. The van der Waals surface area contributed by atoms with Gasteiger partial charge in [-0.3, -0.25) is 4.79 Å². The Morgan fingerprint density at radius 1 is 0.769 bits per heavy atom. The normalized spacial score (nSPS) is 11.8. The van der Waals surface area contributed by atoms with Crippen LogP contribution in [0.5, 0.6) is 0 Å². The summed E-state index contributed by atoms with van der Waals surface area (Å²) in [5.41, 5.74) is 7.41. The highest BCUT2D eigenvalue weighted by Crippen LogP contribution is 2.26. The number of amides is 1. The van der Waals surface area contributed by atoms with Crippen LogP contribution in [-0.2, 0) is 0 Å². The monoisotopic (exact) mass is 343 g/mol. The van der Waals surface area contributed by atoms with E-state index in [1.807, 2.05) is 50.2 Å². The van der Waals surface area contributed by atoms with Crippen molar-refractivity contribution < 1.29 is 4.79 Å². The van der Waals surface area contributed by atoms with Crippen LogP contribution in [-0.4, -0.2) is 5.91 Å². The third-order valence-electron chi connectivity index (χ3n) is 4.78. The zero-order chi connectivity index (χ0) is 18.7. The lowest BCUT2D eigenvalue weighted by Crippen LogP contribution is -2.30. The molecule has 132 valence electrons. The molecular weight excluding hydrogens is 318 g/mol. The molecule has 0 saturated heterocycles. The predicted octanol–water partition coefficient (Wildman–Crippen LogP) is 5.44. The van der Waals surface area contributed by atoms with Crippen LogP contribution in [0.25, 0.3) is 0 Å². The van der Waals surface area contributed by atoms with Crippen molar-refractivity contribution in [1.29, 1.82) is 0 Å². The molecule has 1 amide bonds. The molecule has 0 saturated carbocycles. The first-order valence-corrected chi connectivity index (χ1v) is 8.96. The summed E-state index contributed by atoms with van der Waals surface area (Å²) in [7, 11) is 0. The number of nitrogens with one attached hydrogen (secondary N) is 1. The van der Waals surface area contributed by atoms with E-state index in [9.17, 15) is 4.79 Å². The number of carbonyl (C=O) groups excluding carboxylic acids is 1. The predicted molar refractivity (Wildman–Crippen MR) is 108 cm³/mol. The number of benzene rings is 3. The summed E-state index contributed by atoms with van der Waals surface area (Å²) in [5.74, 6) is -0.0416. The van der Waals surface area contributed by atoms with Gasteiger partial charge >= 0.3 is 0 Å². The second kappa shape index (κ2) is 7.57. The maximum atomic E-state index is 13.0. The molecule has 1 atom stereocenters. The van der Waals surface area contributed by atoms with Crippen molar-refractivity contribution in [2.45, 2.75) is 33.7 Å². The molecule has 3 rings (SSSR count). The van der Waals surface area contributed by atoms with Gasteiger partial charge in [-0.15, -0.1) is 0 Å². The number of hydrogen-bond acceptors (Lipinski definition) is 1. The van der Waals surface area contributed by atoms with Crippen LogP contribution in [0.2, 0.25) is 0 Å². The number of hydrogen-bond donors (Lipinski definition) is 1. The Morgan fingerprint density at radius 3 is 2.12 bits per heavy atom. The molecule has 0 aliphatic carbocycles. The van der Waals surface area contributed by atoms with Crippen LogP contribution in [0.1, 0.15) is 49.8 Å². The van der Waals surface area contributed by atoms with Gasteiger partial charge in [-0.2, -0.15) is 0 Å². The molecule has 26 heavy (non-hydrogen) atoms. The highest BCUT2D eigenvalue weighted by molar-refractivity contribution is 5.96. The van der Waals surface area contributed by atoms with Gasteiger partial charge in [0, 0.05) is 5.56 Å². The minimum atomic E-state index is -0.177. The van der Waals surface area contributed by atoms with E-state index in [0.29, 0.717) is 0 Å². The van der Waals surface area contributed by atoms with Gasteiger partial charge in [-0.25, -0.2) is 0 Å². The van der Waals surface area contributed by atoms with Crippen LogP contribution in [0.3, 0.4) is 0 Å². The molecule has 0 aliphatic rings. The molecule has 0 radical (unpaired) electrons. The lowest BCUT2D eigenvalue weighted by atomic mass is 9.93. The van der Waals surface area contributed by atoms with Crippen LogP contribution in [0, 0.1) is 27.7 Å². The van der Waals surface area contributed by atoms with Crippen LogP contribution < -0.4 is 5.32 Å². The van der Waals surface area contributed by atoms with E-state index in [0.717, 1.165) is 27.8 Å². The van der Waals surface area contributed by atoms with Crippen molar-refractivity contribution in [3.63, 3.8) is 0 Å². The maximum Gasteiger partial charge on any atom is 0.252 e. The SMILES string of the molecule is Cc1ccc([C@H](NC(=O)c2cc(C)ccc2C)c2ccccc2)c(C)c1. The first-order valence-electron chi connectivity index (χ1n) is 8.96. The zero-order valence-corrected chi connectivity index (χ0v) is 15.8. The third-order valence-corrected chi connectivity index (χ3v) is 4.78. The summed E-state index contributed by atoms with van der Waals surface area (Å²) < 4.78 is 0. The molecule has 3 aromatic carbocycles. The van der Waals surface area contributed by atoms with Crippen molar-refractivity contribution in [2.24, 2.45) is 0 Å². The van der Waals surface area contributed by atoms with Crippen molar-refractivity contribution >= 4 is 5.91 Å². The fraction of sp³-hybridized carbons (Fsp3) is 0.208. The minimum absolute atomic E-state index is 0.0416. The molecular formula is C24H25NO. The van der Waals surface area contributed by atoms with E-state index in [-0.39, 0.29) is 11.9 Å². The highest BCUT2D eigenvalue weighted by Gasteiger charge is 2.20. The van der Waals surface area contributed by atoms with Gasteiger partial charge in [0.15, 0.2) is 0 Å². The number of aryl methyl sites for hydroxylation is 4. The fourth-order valence-electron chi connectivity index (χ4n) is 3.32. The Morgan fingerprint density at radius 2 is 1.42 bits per heavy atom. The zero-order valence-electron chi connectivity index (χ0n) is 15.8. The summed E-state index contributed by atoms with van der Waals surface area (Å²) in [6.45, 7) is 8.17. The van der Waals surface area contributed by atoms with E-state index < -0.39 is 0 Å².